The van der Waals surface area contributed by atoms with E-state index in [1.165, 1.54) is 21.9 Å². The van der Waals surface area contributed by atoms with Crippen LogP contribution in [0.1, 0.15) is 24.2 Å². The topological polar surface area (TPSA) is 102 Å². The van der Waals surface area contributed by atoms with Crippen LogP contribution in [0.4, 0.5) is 0 Å². The van der Waals surface area contributed by atoms with Crippen LogP contribution < -0.4 is 10.9 Å². The van der Waals surface area contributed by atoms with E-state index >= 15 is 0 Å². The maximum atomic E-state index is 12.2. The van der Waals surface area contributed by atoms with Gasteiger partial charge in [-0.05, 0) is 13.8 Å². The van der Waals surface area contributed by atoms with Gasteiger partial charge in [0.2, 0.25) is 5.88 Å². The van der Waals surface area contributed by atoms with Gasteiger partial charge in [-0.3, -0.25) is 14.0 Å². The van der Waals surface area contributed by atoms with Crippen LogP contribution in [-0.4, -0.2) is 46.4 Å². The highest BCUT2D eigenvalue weighted by Gasteiger charge is 2.21. The molecule has 0 unspecified atom stereocenters. The van der Waals surface area contributed by atoms with Gasteiger partial charge >= 0.3 is 0 Å². The number of carbonyl (C=O) groups excluding carboxylic acids is 1. The fourth-order valence-corrected chi connectivity index (χ4v) is 2.57. The molecular weight excluding hydrogens is 310 g/mol. The summed E-state index contributed by atoms with van der Waals surface area (Å²) in [4.78, 5) is 28.5. The smallest absolute Gasteiger partial charge is 0.275 e. The lowest BCUT2D eigenvalue weighted by Crippen LogP contribution is -2.38. The Labute approximate surface area is 130 Å². The minimum absolute atomic E-state index is 0.0612. The Morgan fingerprint density at radius 3 is 2.77 bits per heavy atom. The lowest BCUT2D eigenvalue weighted by molar-refractivity contribution is -0.131. The van der Waals surface area contributed by atoms with Crippen molar-refractivity contribution in [2.45, 2.75) is 20.1 Å². The number of aromatic nitrogens is 2. The number of nitrogens with zero attached hydrogens (tertiary/aromatic N) is 2. The summed E-state index contributed by atoms with van der Waals surface area (Å²) in [6, 6.07) is 0. The van der Waals surface area contributed by atoms with E-state index in [2.05, 4.69) is 10.3 Å². The van der Waals surface area contributed by atoms with E-state index in [0.29, 0.717) is 18.2 Å². The van der Waals surface area contributed by atoms with E-state index in [9.17, 15) is 14.7 Å². The minimum atomic E-state index is -0.722. The van der Waals surface area contributed by atoms with E-state index in [1.807, 2.05) is 0 Å². The van der Waals surface area contributed by atoms with Crippen molar-refractivity contribution in [2.24, 2.45) is 0 Å². The van der Waals surface area contributed by atoms with Crippen molar-refractivity contribution < 1.29 is 19.4 Å². The number of aromatic hydroxyl groups is 1. The molecule has 22 heavy (non-hydrogen) atoms. The number of hydrogen-bond acceptors (Lipinski definition) is 7. The molecule has 2 aromatic rings. The molecule has 120 valence electrons. The van der Waals surface area contributed by atoms with Crippen LogP contribution in [0.25, 0.3) is 4.96 Å². The van der Waals surface area contributed by atoms with Crippen molar-refractivity contribution in [3.8, 4) is 5.88 Å². The Morgan fingerprint density at radius 2 is 2.14 bits per heavy atom. The third kappa shape index (κ3) is 3.43. The van der Waals surface area contributed by atoms with Crippen molar-refractivity contribution in [2.75, 3.05) is 19.8 Å². The third-order valence-electron chi connectivity index (χ3n) is 2.81. The van der Waals surface area contributed by atoms with Gasteiger partial charge in [0.15, 0.2) is 16.8 Å². The highest BCUT2D eigenvalue weighted by Crippen LogP contribution is 2.14. The molecule has 2 aromatic heterocycles. The van der Waals surface area contributed by atoms with Gasteiger partial charge in [-0.2, -0.15) is 4.98 Å². The number of nitrogens with one attached hydrogen (secondary N) is 1. The molecule has 0 aliphatic heterocycles. The summed E-state index contributed by atoms with van der Waals surface area (Å²) in [7, 11) is 0. The molecule has 0 saturated carbocycles. The zero-order valence-electron chi connectivity index (χ0n) is 12.2. The zero-order valence-corrected chi connectivity index (χ0v) is 13.1. The van der Waals surface area contributed by atoms with Crippen LogP contribution in [0.3, 0.4) is 0 Å². The first kappa shape index (κ1) is 16.4. The lowest BCUT2D eigenvalue weighted by Gasteiger charge is -2.17. The molecular formula is C13H17N3O5S. The second kappa shape index (κ2) is 7.34. The second-order valence-electron chi connectivity index (χ2n) is 4.22. The molecule has 0 bridgehead atoms. The maximum absolute atomic E-state index is 12.2. The first-order valence-corrected chi connectivity index (χ1v) is 7.66. The van der Waals surface area contributed by atoms with E-state index in [1.54, 1.807) is 19.2 Å². The first-order chi connectivity index (χ1) is 10.6. The van der Waals surface area contributed by atoms with Crippen LogP contribution >= 0.6 is 11.3 Å². The van der Waals surface area contributed by atoms with Gasteiger partial charge in [0.1, 0.15) is 0 Å². The zero-order chi connectivity index (χ0) is 16.1. The molecule has 2 N–H and O–H groups in total. The molecule has 0 aliphatic rings. The van der Waals surface area contributed by atoms with Gasteiger partial charge in [0, 0.05) is 24.8 Å². The summed E-state index contributed by atoms with van der Waals surface area (Å²) in [5.41, 5.74) is -1.02. The molecule has 0 fully saturated rings. The van der Waals surface area contributed by atoms with Crippen molar-refractivity contribution in [3.63, 3.8) is 0 Å². The van der Waals surface area contributed by atoms with Crippen molar-refractivity contribution in [3.05, 3.63) is 27.5 Å². The fourth-order valence-electron chi connectivity index (χ4n) is 1.87. The van der Waals surface area contributed by atoms with Crippen LogP contribution in [-0.2, 0) is 9.47 Å². The van der Waals surface area contributed by atoms with Crippen molar-refractivity contribution >= 4 is 22.2 Å². The van der Waals surface area contributed by atoms with Gasteiger partial charge in [-0.25, -0.2) is 0 Å². The fraction of sp³-hybridized carbons (Fsp3) is 0.462. The predicted molar refractivity (Wildman–Crippen MR) is 80.4 cm³/mol. The quantitative estimate of drug-likeness (QED) is 0.722. The van der Waals surface area contributed by atoms with E-state index < -0.39 is 29.2 Å². The third-order valence-corrected chi connectivity index (χ3v) is 3.57. The number of hydrogen-bond donors (Lipinski definition) is 2. The molecule has 0 atom stereocenters. The lowest BCUT2D eigenvalue weighted by atomic mass is 10.3. The highest BCUT2D eigenvalue weighted by atomic mass is 32.1. The summed E-state index contributed by atoms with van der Waals surface area (Å²) in [5.74, 6) is -1.31. The Bertz CT molecular complexity index is 705. The number of thiazole rings is 1. The predicted octanol–water partition coefficient (Wildman–Crippen LogP) is 0.591. The Balaban J connectivity index is 2.17. The average molecular weight is 327 g/mol. The van der Waals surface area contributed by atoms with Crippen LogP contribution in [0.15, 0.2) is 16.4 Å². The second-order valence-corrected chi connectivity index (χ2v) is 5.09. The average Bonchev–Trinajstić information content (AvgIpc) is 2.93. The van der Waals surface area contributed by atoms with Crippen LogP contribution in [0.5, 0.6) is 5.88 Å². The molecule has 2 rings (SSSR count). The van der Waals surface area contributed by atoms with Gasteiger partial charge in [-0.1, -0.05) is 0 Å². The highest BCUT2D eigenvalue weighted by molar-refractivity contribution is 7.15. The Morgan fingerprint density at radius 1 is 1.45 bits per heavy atom. The molecule has 0 aliphatic carbocycles. The van der Waals surface area contributed by atoms with E-state index in [-0.39, 0.29) is 6.54 Å². The molecule has 0 radical (unpaired) electrons. The van der Waals surface area contributed by atoms with Crippen LogP contribution in [0.2, 0.25) is 0 Å². The van der Waals surface area contributed by atoms with Gasteiger partial charge in [-0.15, -0.1) is 11.3 Å². The molecule has 1 amide bonds. The largest absolute Gasteiger partial charge is 0.492 e. The maximum Gasteiger partial charge on any atom is 0.275 e. The Hall–Kier alpha value is -1.97. The van der Waals surface area contributed by atoms with Gasteiger partial charge in [0.05, 0.1) is 6.54 Å². The van der Waals surface area contributed by atoms with E-state index in [4.69, 9.17) is 9.47 Å². The molecule has 2 heterocycles. The first-order valence-electron chi connectivity index (χ1n) is 6.78. The van der Waals surface area contributed by atoms with Crippen LogP contribution in [0, 0.1) is 0 Å². The summed E-state index contributed by atoms with van der Waals surface area (Å²) < 4.78 is 11.8. The molecule has 9 heteroatoms. The molecule has 0 spiro atoms. The summed E-state index contributed by atoms with van der Waals surface area (Å²) in [5, 5.41) is 14.0. The van der Waals surface area contributed by atoms with Gasteiger partial charge < -0.3 is 19.9 Å². The monoisotopic (exact) mass is 327 g/mol. The number of rotatable bonds is 7. The van der Waals surface area contributed by atoms with Crippen molar-refractivity contribution in [1.82, 2.24) is 14.7 Å². The molecule has 8 nitrogen and oxygen atoms in total. The number of carbonyl (C=O) groups is 1. The minimum Gasteiger partial charge on any atom is -0.492 e. The molecule has 0 saturated heterocycles. The Kier molecular flexibility index (Phi) is 5.47. The normalized spacial score (nSPS) is 11.2. The molecule has 0 aromatic carbocycles. The summed E-state index contributed by atoms with van der Waals surface area (Å²) in [6.45, 7) is 4.53. The number of amides is 1. The van der Waals surface area contributed by atoms with Gasteiger partial charge in [0.25, 0.3) is 11.5 Å². The summed E-state index contributed by atoms with van der Waals surface area (Å²) in [6.07, 6.45) is 0.885. The standard InChI is InChI=1S/C13H17N3O5S/c1-3-20-8(21-4-2)7-14-10(17)9-11(18)15-13-16(12(9)19)5-6-22-13/h5-6,8,18H,3-4,7H2,1-2H3,(H,14,17). The number of ether oxygens (including phenoxy) is 2. The van der Waals surface area contributed by atoms with E-state index in [0.717, 1.165) is 0 Å². The SMILES string of the molecule is CCOC(CNC(=O)c1c(O)nc2sccn2c1=O)OCC. The van der Waals surface area contributed by atoms with Crippen molar-refractivity contribution in [1.29, 1.82) is 0 Å². The number of fused-ring (bicyclic) bond motifs is 1. The summed E-state index contributed by atoms with van der Waals surface area (Å²) >= 11 is 1.19.